The molecule has 0 radical (unpaired) electrons. The van der Waals surface area contributed by atoms with Gasteiger partial charge in [0, 0.05) is 13.7 Å². The van der Waals surface area contributed by atoms with Gasteiger partial charge in [0.25, 0.3) is 0 Å². The average Bonchev–Trinajstić information content (AvgIpc) is 2.31. The molecule has 1 aliphatic rings. The van der Waals surface area contributed by atoms with Crippen molar-refractivity contribution >= 4 is 73.1 Å². The summed E-state index contributed by atoms with van der Waals surface area (Å²) in [4.78, 5) is 2.48. The number of hydrogen-bond donors (Lipinski definition) is 0. The summed E-state index contributed by atoms with van der Waals surface area (Å²) < 4.78 is 122. The number of piperidine rings is 1. The van der Waals surface area contributed by atoms with Crippen molar-refractivity contribution in [3.8, 4) is 0 Å². The summed E-state index contributed by atoms with van der Waals surface area (Å²) >= 11 is 0. The van der Waals surface area contributed by atoms with Gasteiger partial charge in [0.05, 0.1) is 6.61 Å². The molecule has 26 heavy (non-hydrogen) atoms. The zero-order chi connectivity index (χ0) is 20.7. The Morgan fingerprint density at radius 3 is 1.15 bits per heavy atom. The molecular weight excluding hydrogens is 426 g/mol. The Morgan fingerprint density at radius 2 is 0.923 bits per heavy atom. The maximum absolute atomic E-state index is 9.75. The second-order valence-electron chi connectivity index (χ2n) is 4.38. The molecule has 18 heteroatoms. The van der Waals surface area contributed by atoms with Crippen molar-refractivity contribution in [3.05, 3.63) is 0 Å². The van der Waals surface area contributed by atoms with Gasteiger partial charge in [0.2, 0.25) is 0 Å². The van der Waals surface area contributed by atoms with Crippen molar-refractivity contribution < 1.29 is 56.5 Å². The van der Waals surface area contributed by atoms with Crippen LogP contribution in [0.4, 0.5) is 51.8 Å². The standard InChI is InChI=1S/C8H17NO.3BF4.K.H/c1-10-8-7-9-5-3-2-4-6-9;3*2-1(3,4)5;;/h2-8H2,1H3;;;;;/q;3*-1;;. The Hall–Kier alpha value is 0.911. The fourth-order valence-electron chi connectivity index (χ4n) is 1.40. The average molecular weight is 444 g/mol. The number of nitrogens with zero attached hydrogens (tertiary/aromatic N) is 1. The molecule has 2 nitrogen and oxygen atoms in total. The number of rotatable bonds is 3. The van der Waals surface area contributed by atoms with Crippen molar-refractivity contribution in [1.29, 1.82) is 0 Å². The Kier molecular flexibility index (Phi) is 23.8. The predicted molar refractivity (Wildman–Crippen MR) is 79.9 cm³/mol. The van der Waals surface area contributed by atoms with Gasteiger partial charge >= 0.3 is 73.1 Å². The molecule has 0 aromatic carbocycles. The third kappa shape index (κ3) is 85.4. The van der Waals surface area contributed by atoms with Gasteiger partial charge in [0.15, 0.2) is 0 Å². The second kappa shape index (κ2) is 18.0. The van der Waals surface area contributed by atoms with Gasteiger partial charge in [-0.3, -0.25) is 0 Å². The molecule has 0 atom stereocenters. The molecule has 0 aliphatic carbocycles. The molecule has 0 aromatic rings. The van der Waals surface area contributed by atoms with E-state index < -0.39 is 21.8 Å². The number of likely N-dealkylation sites (tertiary alicyclic amines) is 1. The van der Waals surface area contributed by atoms with E-state index in [0.29, 0.717) is 0 Å². The molecule has 1 rings (SSSR count). The molecule has 0 bridgehead atoms. The molecule has 1 heterocycles. The summed E-state index contributed by atoms with van der Waals surface area (Å²) in [5.41, 5.74) is 0. The Labute approximate surface area is 186 Å². The van der Waals surface area contributed by atoms with Gasteiger partial charge in [-0.05, 0) is 25.9 Å². The van der Waals surface area contributed by atoms with Crippen molar-refractivity contribution in [2.45, 2.75) is 19.3 Å². The van der Waals surface area contributed by atoms with Crippen molar-refractivity contribution in [2.75, 3.05) is 33.4 Å². The van der Waals surface area contributed by atoms with E-state index in [1.54, 1.807) is 7.11 Å². The maximum atomic E-state index is 9.75. The van der Waals surface area contributed by atoms with Crippen LogP contribution in [0.2, 0.25) is 0 Å². The molecule has 0 N–H and O–H groups in total. The van der Waals surface area contributed by atoms with Crippen LogP contribution in [0.15, 0.2) is 0 Å². The fourth-order valence-corrected chi connectivity index (χ4v) is 1.40. The molecule has 0 aromatic heterocycles. The van der Waals surface area contributed by atoms with Crippen LogP contribution >= 0.6 is 0 Å². The molecule has 1 fully saturated rings. The molecule has 0 amide bonds. The van der Waals surface area contributed by atoms with E-state index >= 15 is 0 Å². The van der Waals surface area contributed by atoms with Crippen LogP contribution in [0.3, 0.4) is 0 Å². The summed E-state index contributed by atoms with van der Waals surface area (Å²) in [5.74, 6) is 0. The van der Waals surface area contributed by atoms with Crippen LogP contribution < -0.4 is 0 Å². The minimum atomic E-state index is -6.00. The molecule has 0 saturated carbocycles. The quantitative estimate of drug-likeness (QED) is 0.474. The summed E-state index contributed by atoms with van der Waals surface area (Å²) in [6.07, 6.45) is 4.18. The number of hydrogen-bond acceptors (Lipinski definition) is 2. The summed E-state index contributed by atoms with van der Waals surface area (Å²) in [5, 5.41) is 0. The fraction of sp³-hybridized carbons (Fsp3) is 1.00. The first-order valence-corrected chi connectivity index (χ1v) is 6.76. The topological polar surface area (TPSA) is 12.5 Å². The predicted octanol–water partition coefficient (Wildman–Crippen LogP) is 4.37. The van der Waals surface area contributed by atoms with E-state index in [-0.39, 0.29) is 51.4 Å². The summed E-state index contributed by atoms with van der Waals surface area (Å²) in [7, 11) is -16.2. The zero-order valence-corrected chi connectivity index (χ0v) is 13.1. The van der Waals surface area contributed by atoms with Gasteiger partial charge < -0.3 is 61.4 Å². The zero-order valence-electron chi connectivity index (χ0n) is 13.1. The van der Waals surface area contributed by atoms with Crippen LogP contribution in [0.25, 0.3) is 0 Å². The van der Waals surface area contributed by atoms with Gasteiger partial charge in [-0.25, -0.2) is 0 Å². The van der Waals surface area contributed by atoms with Gasteiger partial charge in [-0.2, -0.15) is 0 Å². The van der Waals surface area contributed by atoms with Gasteiger partial charge in [-0.15, -0.1) is 0 Å². The Morgan fingerprint density at radius 1 is 0.654 bits per heavy atom. The van der Waals surface area contributed by atoms with Crippen LogP contribution in [-0.4, -0.2) is 111 Å². The SMILES string of the molecule is COCCN1CCCCC1.F[B-](F)(F)F.F[B-](F)(F)F.F[B-](F)(F)F.[KH]. The third-order valence-corrected chi connectivity index (χ3v) is 2.06. The van der Waals surface area contributed by atoms with E-state index in [9.17, 15) is 51.8 Å². The molecule has 158 valence electrons. The molecular formula is C8H18B3F12KNO-3. The van der Waals surface area contributed by atoms with Crippen LogP contribution in [0, 0.1) is 0 Å². The Bertz CT molecular complexity index is 251. The minimum absolute atomic E-state index is 0. The van der Waals surface area contributed by atoms with E-state index in [1.807, 2.05) is 0 Å². The van der Waals surface area contributed by atoms with Crippen molar-refractivity contribution in [2.24, 2.45) is 0 Å². The number of halogens is 12. The van der Waals surface area contributed by atoms with E-state index in [2.05, 4.69) is 4.90 Å². The number of methoxy groups -OCH3 is 1. The summed E-state index contributed by atoms with van der Waals surface area (Å²) in [6, 6.07) is 0. The molecule has 1 aliphatic heterocycles. The van der Waals surface area contributed by atoms with Crippen molar-refractivity contribution in [3.63, 3.8) is 0 Å². The number of ether oxygens (including phenoxy) is 1. The Balaban J connectivity index is -0.000000132. The van der Waals surface area contributed by atoms with E-state index in [1.165, 1.54) is 32.4 Å². The van der Waals surface area contributed by atoms with Crippen LogP contribution in [0.5, 0.6) is 0 Å². The van der Waals surface area contributed by atoms with Gasteiger partial charge in [0.1, 0.15) is 0 Å². The first-order valence-electron chi connectivity index (χ1n) is 6.76. The van der Waals surface area contributed by atoms with Crippen molar-refractivity contribution in [1.82, 2.24) is 4.90 Å². The molecule has 0 spiro atoms. The summed E-state index contributed by atoms with van der Waals surface area (Å²) in [6.45, 7) is 4.57. The second-order valence-corrected chi connectivity index (χ2v) is 4.38. The molecule has 1 saturated heterocycles. The third-order valence-electron chi connectivity index (χ3n) is 2.06. The first kappa shape index (κ1) is 34.4. The van der Waals surface area contributed by atoms with E-state index in [0.717, 1.165) is 13.2 Å². The molecule has 0 unspecified atom stereocenters. The van der Waals surface area contributed by atoms with E-state index in [4.69, 9.17) is 4.74 Å². The first-order chi connectivity index (χ1) is 10.9. The van der Waals surface area contributed by atoms with Crippen LogP contribution in [0.1, 0.15) is 19.3 Å². The monoisotopic (exact) mass is 444 g/mol. The van der Waals surface area contributed by atoms with Crippen LogP contribution in [-0.2, 0) is 4.74 Å². The van der Waals surface area contributed by atoms with Gasteiger partial charge in [-0.1, -0.05) is 6.42 Å². The normalized spacial score (nSPS) is 15.1.